The Labute approximate surface area is 129 Å². The van der Waals surface area contributed by atoms with Gasteiger partial charge in [0, 0.05) is 25.5 Å². The molecule has 6 heteroatoms. The molecule has 0 amide bonds. The molecule has 0 saturated carbocycles. The zero-order chi connectivity index (χ0) is 15.0. The summed E-state index contributed by atoms with van der Waals surface area (Å²) in [6, 6.07) is 0. The van der Waals surface area contributed by atoms with Crippen molar-refractivity contribution < 1.29 is 8.42 Å². The van der Waals surface area contributed by atoms with Crippen LogP contribution in [-0.2, 0) is 10.0 Å². The van der Waals surface area contributed by atoms with Gasteiger partial charge in [-0.15, -0.1) is 11.6 Å². The molecule has 0 aromatic carbocycles. The molecule has 1 saturated heterocycles. The smallest absolute Gasteiger partial charge is 0.214 e. The Morgan fingerprint density at radius 1 is 1.25 bits per heavy atom. The zero-order valence-corrected chi connectivity index (χ0v) is 14.4. The van der Waals surface area contributed by atoms with E-state index >= 15 is 0 Å². The first-order valence-corrected chi connectivity index (χ1v) is 9.86. The van der Waals surface area contributed by atoms with Gasteiger partial charge in [0.1, 0.15) is 0 Å². The number of unbranched alkanes of at least 4 members (excludes halogenated alkanes) is 1. The van der Waals surface area contributed by atoms with Gasteiger partial charge in [-0.2, -0.15) is 0 Å². The van der Waals surface area contributed by atoms with Gasteiger partial charge in [0.05, 0.1) is 5.75 Å². The maximum Gasteiger partial charge on any atom is 0.214 e. The lowest BCUT2D eigenvalue weighted by atomic mass is 9.97. The molecule has 0 atom stereocenters. The van der Waals surface area contributed by atoms with Crippen molar-refractivity contribution in [3.63, 3.8) is 0 Å². The van der Waals surface area contributed by atoms with Crippen LogP contribution < -0.4 is 0 Å². The van der Waals surface area contributed by atoms with Crippen LogP contribution in [0.3, 0.4) is 0 Å². The normalized spacial score (nSPS) is 18.8. The number of rotatable bonds is 9. The molecule has 0 aromatic rings. The quantitative estimate of drug-likeness (QED) is 0.611. The van der Waals surface area contributed by atoms with E-state index in [1.165, 1.54) is 12.8 Å². The standard InChI is InChI=1S/C14H29ClN2O2S/c1-3-4-9-16(2)13-14-6-10-17(11-7-14)20(18,19)12-5-8-15/h14H,3-13H2,1-2H3. The molecule has 1 aliphatic rings. The summed E-state index contributed by atoms with van der Waals surface area (Å²) in [4.78, 5) is 2.38. The van der Waals surface area contributed by atoms with E-state index < -0.39 is 10.0 Å². The van der Waals surface area contributed by atoms with Crippen molar-refractivity contribution in [2.24, 2.45) is 5.92 Å². The molecule has 0 bridgehead atoms. The van der Waals surface area contributed by atoms with E-state index in [9.17, 15) is 8.42 Å². The first kappa shape index (κ1) is 18.2. The fraction of sp³-hybridized carbons (Fsp3) is 1.00. The minimum atomic E-state index is -3.08. The lowest BCUT2D eigenvalue weighted by Gasteiger charge is -2.33. The van der Waals surface area contributed by atoms with Crippen LogP contribution in [0, 0.1) is 5.92 Å². The van der Waals surface area contributed by atoms with E-state index in [0.717, 1.165) is 25.9 Å². The van der Waals surface area contributed by atoms with Crippen LogP contribution in [0.4, 0.5) is 0 Å². The van der Waals surface area contributed by atoms with Crippen LogP contribution in [0.2, 0.25) is 0 Å². The van der Waals surface area contributed by atoms with Crippen molar-refractivity contribution in [1.29, 1.82) is 0 Å². The highest BCUT2D eigenvalue weighted by atomic mass is 35.5. The van der Waals surface area contributed by atoms with Crippen LogP contribution in [0.1, 0.15) is 39.0 Å². The molecular formula is C14H29ClN2O2S. The number of halogens is 1. The number of sulfonamides is 1. The van der Waals surface area contributed by atoms with Crippen molar-refractivity contribution in [3.8, 4) is 0 Å². The van der Waals surface area contributed by atoms with Crippen LogP contribution in [0.25, 0.3) is 0 Å². The minimum Gasteiger partial charge on any atom is -0.306 e. The Hall–Kier alpha value is 0.160. The summed E-state index contributed by atoms with van der Waals surface area (Å²) in [5, 5.41) is 0. The summed E-state index contributed by atoms with van der Waals surface area (Å²) in [6.45, 7) is 5.80. The summed E-state index contributed by atoms with van der Waals surface area (Å²) in [5.41, 5.74) is 0. The van der Waals surface area contributed by atoms with E-state index in [-0.39, 0.29) is 5.75 Å². The topological polar surface area (TPSA) is 40.6 Å². The average molecular weight is 325 g/mol. The molecule has 1 heterocycles. The third-order valence-electron chi connectivity index (χ3n) is 3.97. The number of piperidine rings is 1. The van der Waals surface area contributed by atoms with Gasteiger partial charge in [0.15, 0.2) is 0 Å². The highest BCUT2D eigenvalue weighted by Gasteiger charge is 2.27. The van der Waals surface area contributed by atoms with Gasteiger partial charge in [0.25, 0.3) is 0 Å². The summed E-state index contributed by atoms with van der Waals surface area (Å²) in [5.74, 6) is 1.24. The SMILES string of the molecule is CCCCN(C)CC1CCN(S(=O)(=O)CCCCl)CC1. The predicted molar refractivity (Wildman–Crippen MR) is 85.8 cm³/mol. The third-order valence-corrected chi connectivity index (χ3v) is 6.19. The minimum absolute atomic E-state index is 0.192. The molecule has 0 radical (unpaired) electrons. The highest BCUT2D eigenvalue weighted by molar-refractivity contribution is 7.89. The largest absolute Gasteiger partial charge is 0.306 e. The van der Waals surface area contributed by atoms with Crippen LogP contribution in [-0.4, -0.2) is 62.5 Å². The van der Waals surface area contributed by atoms with E-state index in [1.807, 2.05) is 0 Å². The Kier molecular flexibility index (Phi) is 8.41. The summed E-state index contributed by atoms with van der Waals surface area (Å²) in [7, 11) is -0.910. The number of nitrogens with zero attached hydrogens (tertiary/aromatic N) is 2. The molecule has 1 fully saturated rings. The van der Waals surface area contributed by atoms with E-state index in [4.69, 9.17) is 11.6 Å². The van der Waals surface area contributed by atoms with Gasteiger partial charge in [-0.1, -0.05) is 13.3 Å². The molecule has 1 rings (SSSR count). The maximum absolute atomic E-state index is 12.1. The van der Waals surface area contributed by atoms with Crippen LogP contribution in [0.5, 0.6) is 0 Å². The zero-order valence-electron chi connectivity index (χ0n) is 12.9. The van der Waals surface area contributed by atoms with Crippen LogP contribution in [0.15, 0.2) is 0 Å². The fourth-order valence-corrected chi connectivity index (χ4v) is 4.52. The van der Waals surface area contributed by atoms with Crippen molar-refractivity contribution in [1.82, 2.24) is 9.21 Å². The predicted octanol–water partition coefficient (Wildman–Crippen LogP) is 2.39. The van der Waals surface area contributed by atoms with Crippen molar-refractivity contribution in [2.45, 2.75) is 39.0 Å². The Morgan fingerprint density at radius 2 is 1.90 bits per heavy atom. The molecule has 1 aliphatic heterocycles. The van der Waals surface area contributed by atoms with E-state index in [0.29, 0.717) is 31.3 Å². The van der Waals surface area contributed by atoms with E-state index in [2.05, 4.69) is 18.9 Å². The lowest BCUT2D eigenvalue weighted by molar-refractivity contribution is 0.204. The summed E-state index contributed by atoms with van der Waals surface area (Å²) < 4.78 is 25.8. The first-order valence-electron chi connectivity index (χ1n) is 7.72. The van der Waals surface area contributed by atoms with Gasteiger partial charge in [-0.3, -0.25) is 0 Å². The molecule has 0 unspecified atom stereocenters. The summed E-state index contributed by atoms with van der Waals surface area (Å²) >= 11 is 5.58. The highest BCUT2D eigenvalue weighted by Crippen LogP contribution is 2.21. The second kappa shape index (κ2) is 9.23. The van der Waals surface area contributed by atoms with Crippen LogP contribution >= 0.6 is 11.6 Å². The Bertz CT molecular complexity index is 354. The molecule has 0 N–H and O–H groups in total. The molecule has 0 aliphatic carbocycles. The van der Waals surface area contributed by atoms with Gasteiger partial charge in [-0.05, 0) is 45.2 Å². The second-order valence-corrected chi connectivity index (χ2v) is 8.28. The Morgan fingerprint density at radius 3 is 2.45 bits per heavy atom. The molecule has 120 valence electrons. The van der Waals surface area contributed by atoms with Crippen molar-refractivity contribution in [3.05, 3.63) is 0 Å². The first-order chi connectivity index (χ1) is 9.49. The summed E-state index contributed by atoms with van der Waals surface area (Å²) in [6.07, 6.45) is 4.97. The molecule has 20 heavy (non-hydrogen) atoms. The third kappa shape index (κ3) is 6.29. The lowest BCUT2D eigenvalue weighted by Crippen LogP contribution is -2.42. The van der Waals surface area contributed by atoms with Gasteiger partial charge in [0.2, 0.25) is 10.0 Å². The fourth-order valence-electron chi connectivity index (χ4n) is 2.70. The van der Waals surface area contributed by atoms with E-state index in [1.54, 1.807) is 4.31 Å². The number of alkyl halides is 1. The van der Waals surface area contributed by atoms with Gasteiger partial charge < -0.3 is 4.90 Å². The van der Waals surface area contributed by atoms with Crippen molar-refractivity contribution >= 4 is 21.6 Å². The van der Waals surface area contributed by atoms with Gasteiger partial charge >= 0.3 is 0 Å². The Balaban J connectivity index is 2.32. The molecule has 0 aromatic heterocycles. The second-order valence-electron chi connectivity index (χ2n) is 5.82. The molecule has 0 spiro atoms. The average Bonchev–Trinajstić information content (AvgIpc) is 2.43. The van der Waals surface area contributed by atoms with Gasteiger partial charge in [-0.25, -0.2) is 12.7 Å². The molecule has 4 nitrogen and oxygen atoms in total. The number of hydrogen-bond donors (Lipinski definition) is 0. The van der Waals surface area contributed by atoms with Crippen molar-refractivity contribution in [2.75, 3.05) is 44.9 Å². The monoisotopic (exact) mass is 324 g/mol. The number of hydrogen-bond acceptors (Lipinski definition) is 3. The molecular weight excluding hydrogens is 296 g/mol. The maximum atomic E-state index is 12.1.